The number of rotatable bonds is 3. The predicted octanol–water partition coefficient (Wildman–Crippen LogP) is 4.51. The molecule has 0 fully saturated rings. The van der Waals surface area contributed by atoms with Gasteiger partial charge in [0.15, 0.2) is 0 Å². The van der Waals surface area contributed by atoms with Crippen molar-refractivity contribution in [1.82, 2.24) is 0 Å². The van der Waals surface area contributed by atoms with Crippen LogP contribution in [0.1, 0.15) is 35.0 Å². The Labute approximate surface area is 136 Å². The fraction of sp³-hybridized carbons (Fsp3) is 0.267. The van der Waals surface area contributed by atoms with Crippen LogP contribution < -0.4 is 5.73 Å². The minimum Gasteiger partial charge on any atom is -0.465 e. The van der Waals surface area contributed by atoms with Gasteiger partial charge in [0.05, 0.1) is 12.8 Å². The van der Waals surface area contributed by atoms with E-state index in [9.17, 15) is 4.79 Å². The molecule has 5 heteroatoms. The lowest BCUT2D eigenvalue weighted by Crippen LogP contribution is -2.03. The van der Waals surface area contributed by atoms with Gasteiger partial charge in [0.25, 0.3) is 0 Å². The molecule has 0 saturated carbocycles. The van der Waals surface area contributed by atoms with E-state index in [1.54, 1.807) is 0 Å². The summed E-state index contributed by atoms with van der Waals surface area (Å²) in [7, 11) is 1.38. The highest BCUT2D eigenvalue weighted by molar-refractivity contribution is 14.1. The summed E-state index contributed by atoms with van der Waals surface area (Å²) in [5.41, 5.74) is 8.87. The number of anilines is 1. The maximum Gasteiger partial charge on any atom is 0.350 e. The zero-order valence-electron chi connectivity index (χ0n) is 11.6. The van der Waals surface area contributed by atoms with Crippen molar-refractivity contribution in [3.8, 4) is 10.4 Å². The van der Waals surface area contributed by atoms with E-state index in [1.807, 2.05) is 18.2 Å². The van der Waals surface area contributed by atoms with E-state index in [-0.39, 0.29) is 11.9 Å². The summed E-state index contributed by atoms with van der Waals surface area (Å²) in [6.45, 7) is 4.16. The summed E-state index contributed by atoms with van der Waals surface area (Å²) >= 11 is 3.71. The Balaban J connectivity index is 2.70. The molecule has 106 valence electrons. The Morgan fingerprint density at radius 1 is 1.35 bits per heavy atom. The van der Waals surface area contributed by atoms with Crippen LogP contribution in [0.4, 0.5) is 5.69 Å². The normalized spacial score (nSPS) is 10.8. The van der Waals surface area contributed by atoms with Gasteiger partial charge in [-0.1, -0.05) is 32.0 Å². The van der Waals surface area contributed by atoms with Gasteiger partial charge in [0.1, 0.15) is 4.88 Å². The SMILES string of the molecule is COC(=O)c1sc(-c2ccccc2I)c(C(C)C)c1N. The highest BCUT2D eigenvalue weighted by atomic mass is 127. The summed E-state index contributed by atoms with van der Waals surface area (Å²) < 4.78 is 5.96. The van der Waals surface area contributed by atoms with Gasteiger partial charge < -0.3 is 10.5 Å². The first-order valence-corrected chi connectivity index (χ1v) is 8.12. The Morgan fingerprint density at radius 3 is 2.55 bits per heavy atom. The van der Waals surface area contributed by atoms with Crippen molar-refractivity contribution in [2.45, 2.75) is 19.8 Å². The molecule has 0 saturated heterocycles. The van der Waals surface area contributed by atoms with Crippen LogP contribution in [0.15, 0.2) is 24.3 Å². The third-order valence-corrected chi connectivity index (χ3v) is 5.23. The van der Waals surface area contributed by atoms with E-state index in [0.717, 1.165) is 19.6 Å². The number of nitrogen functional groups attached to an aromatic ring is 1. The van der Waals surface area contributed by atoms with Crippen molar-refractivity contribution in [2.24, 2.45) is 0 Å². The van der Waals surface area contributed by atoms with Crippen molar-refractivity contribution in [3.05, 3.63) is 38.3 Å². The van der Waals surface area contributed by atoms with E-state index in [2.05, 4.69) is 42.5 Å². The average molecular weight is 401 g/mol. The summed E-state index contributed by atoms with van der Waals surface area (Å²) in [5.74, 6) is -0.123. The summed E-state index contributed by atoms with van der Waals surface area (Å²) in [6.07, 6.45) is 0. The molecule has 0 aliphatic carbocycles. The van der Waals surface area contributed by atoms with Gasteiger partial charge in [-0.25, -0.2) is 4.79 Å². The molecule has 0 unspecified atom stereocenters. The zero-order chi connectivity index (χ0) is 14.9. The summed E-state index contributed by atoms with van der Waals surface area (Å²) in [4.78, 5) is 13.4. The van der Waals surface area contributed by atoms with Crippen LogP contribution in [-0.2, 0) is 4.74 Å². The number of esters is 1. The Morgan fingerprint density at radius 2 is 2.00 bits per heavy atom. The van der Waals surface area contributed by atoms with Gasteiger partial charge in [-0.3, -0.25) is 0 Å². The maximum absolute atomic E-state index is 11.8. The monoisotopic (exact) mass is 401 g/mol. The molecule has 0 bridgehead atoms. The van der Waals surface area contributed by atoms with Crippen molar-refractivity contribution in [3.63, 3.8) is 0 Å². The Bertz CT molecular complexity index is 649. The molecule has 1 aromatic heterocycles. The van der Waals surface area contributed by atoms with E-state index >= 15 is 0 Å². The molecule has 0 atom stereocenters. The second-order valence-electron chi connectivity index (χ2n) is 4.71. The largest absolute Gasteiger partial charge is 0.465 e. The third kappa shape index (κ3) is 2.69. The van der Waals surface area contributed by atoms with Crippen LogP contribution in [0.5, 0.6) is 0 Å². The van der Waals surface area contributed by atoms with E-state index in [0.29, 0.717) is 10.6 Å². The topological polar surface area (TPSA) is 52.3 Å². The molecule has 0 aliphatic heterocycles. The smallest absolute Gasteiger partial charge is 0.350 e. The Kier molecular flexibility index (Phi) is 4.70. The number of carbonyl (C=O) groups is 1. The van der Waals surface area contributed by atoms with E-state index < -0.39 is 0 Å². The lowest BCUT2D eigenvalue weighted by Gasteiger charge is -2.10. The minimum absolute atomic E-state index is 0.246. The fourth-order valence-electron chi connectivity index (χ4n) is 2.12. The van der Waals surface area contributed by atoms with Crippen molar-refractivity contribution in [1.29, 1.82) is 0 Å². The average Bonchev–Trinajstić information content (AvgIpc) is 2.76. The lowest BCUT2D eigenvalue weighted by molar-refractivity contribution is 0.0607. The number of carbonyl (C=O) groups excluding carboxylic acids is 1. The zero-order valence-corrected chi connectivity index (χ0v) is 14.5. The Hall–Kier alpha value is -1.08. The van der Waals surface area contributed by atoms with Crippen LogP contribution in [0.25, 0.3) is 10.4 Å². The van der Waals surface area contributed by atoms with Crippen LogP contribution in [-0.4, -0.2) is 13.1 Å². The lowest BCUT2D eigenvalue weighted by atomic mass is 9.98. The standard InChI is InChI=1S/C15H16INO2S/c1-8(2)11-12(17)14(15(18)19-3)20-13(11)9-6-4-5-7-10(9)16/h4-8H,17H2,1-3H3. The van der Waals surface area contributed by atoms with Gasteiger partial charge in [0, 0.05) is 14.0 Å². The predicted molar refractivity (Wildman–Crippen MR) is 92.3 cm³/mol. The maximum atomic E-state index is 11.8. The molecular formula is C15H16INO2S. The molecule has 2 N–H and O–H groups in total. The van der Waals surface area contributed by atoms with Crippen LogP contribution in [0.2, 0.25) is 0 Å². The number of hydrogen-bond acceptors (Lipinski definition) is 4. The fourth-order valence-corrected chi connectivity index (χ4v) is 4.29. The summed E-state index contributed by atoms with van der Waals surface area (Å²) in [5, 5.41) is 0. The van der Waals surface area contributed by atoms with Crippen LogP contribution in [0, 0.1) is 3.57 Å². The third-order valence-electron chi connectivity index (χ3n) is 3.05. The second-order valence-corrected chi connectivity index (χ2v) is 6.90. The van der Waals surface area contributed by atoms with Gasteiger partial charge in [-0.05, 0) is 40.1 Å². The number of benzene rings is 1. The molecule has 0 radical (unpaired) electrons. The number of thiophene rings is 1. The van der Waals surface area contributed by atoms with Gasteiger partial charge >= 0.3 is 5.97 Å². The van der Waals surface area contributed by atoms with Crippen molar-refractivity contribution >= 4 is 45.6 Å². The first kappa shape index (κ1) is 15.3. The molecule has 0 amide bonds. The first-order chi connectivity index (χ1) is 9.47. The number of halogens is 1. The molecule has 3 nitrogen and oxygen atoms in total. The van der Waals surface area contributed by atoms with Crippen LogP contribution in [0.3, 0.4) is 0 Å². The molecule has 0 aliphatic rings. The number of nitrogens with two attached hydrogens (primary N) is 1. The molecule has 2 rings (SSSR count). The van der Waals surface area contributed by atoms with Gasteiger partial charge in [-0.2, -0.15) is 0 Å². The van der Waals surface area contributed by atoms with Crippen molar-refractivity contribution in [2.75, 3.05) is 12.8 Å². The first-order valence-electron chi connectivity index (χ1n) is 6.22. The van der Waals surface area contributed by atoms with Crippen LogP contribution >= 0.6 is 33.9 Å². The highest BCUT2D eigenvalue weighted by Gasteiger charge is 2.24. The quantitative estimate of drug-likeness (QED) is 0.608. The van der Waals surface area contributed by atoms with E-state index in [4.69, 9.17) is 10.5 Å². The molecule has 1 heterocycles. The van der Waals surface area contributed by atoms with Gasteiger partial charge in [0.2, 0.25) is 0 Å². The molecular weight excluding hydrogens is 385 g/mol. The number of hydrogen-bond donors (Lipinski definition) is 1. The van der Waals surface area contributed by atoms with E-state index in [1.165, 1.54) is 18.4 Å². The molecule has 1 aromatic carbocycles. The number of ether oxygens (including phenoxy) is 1. The second kappa shape index (κ2) is 6.13. The molecule has 2 aromatic rings. The molecule has 20 heavy (non-hydrogen) atoms. The van der Waals surface area contributed by atoms with Crippen molar-refractivity contribution < 1.29 is 9.53 Å². The minimum atomic E-state index is -0.369. The number of methoxy groups -OCH3 is 1. The highest BCUT2D eigenvalue weighted by Crippen LogP contribution is 2.44. The molecule has 0 spiro atoms. The summed E-state index contributed by atoms with van der Waals surface area (Å²) in [6, 6.07) is 8.10. The van der Waals surface area contributed by atoms with Gasteiger partial charge in [-0.15, -0.1) is 11.3 Å².